The Labute approximate surface area is 240 Å². The van der Waals surface area contributed by atoms with E-state index in [9.17, 15) is 19.5 Å². The molecule has 3 fully saturated rings. The number of hydrogen-bond donors (Lipinski definition) is 3. The second-order valence-electron chi connectivity index (χ2n) is 10.2. The van der Waals surface area contributed by atoms with Gasteiger partial charge >= 0.3 is 0 Å². The smallest absolute Gasteiger partial charge is 0.248 e. The molecule has 2 bridgehead atoms. The van der Waals surface area contributed by atoms with Gasteiger partial charge in [0.25, 0.3) is 0 Å². The highest BCUT2D eigenvalue weighted by Crippen LogP contribution is 2.67. The van der Waals surface area contributed by atoms with E-state index in [1.165, 1.54) is 0 Å². The summed E-state index contributed by atoms with van der Waals surface area (Å²) in [5.41, 5.74) is 1.60. The molecule has 3 aliphatic heterocycles. The van der Waals surface area contributed by atoms with Crippen LogP contribution in [-0.4, -0.2) is 61.7 Å². The minimum Gasteiger partial charge on any atom is -0.396 e. The number of hydrogen-bond acceptors (Lipinski definition) is 5. The molecule has 7 nitrogen and oxygen atoms in total. The first-order valence-corrected chi connectivity index (χ1v) is 15.1. The molecule has 38 heavy (non-hydrogen) atoms. The van der Waals surface area contributed by atoms with E-state index in [2.05, 4.69) is 26.6 Å². The van der Waals surface area contributed by atoms with Crippen molar-refractivity contribution in [3.8, 4) is 0 Å². The number of rotatable bonds is 10. The van der Waals surface area contributed by atoms with E-state index in [1.807, 2.05) is 30.3 Å². The molecule has 1 spiro atoms. The van der Waals surface area contributed by atoms with Crippen LogP contribution in [0.2, 0.25) is 5.02 Å². The molecule has 3 amide bonds. The lowest BCUT2D eigenvalue weighted by Crippen LogP contribution is -2.53. The lowest BCUT2D eigenvalue weighted by Gasteiger charge is -2.35. The number of benzene rings is 2. The van der Waals surface area contributed by atoms with Gasteiger partial charge in [-0.15, -0.1) is 11.8 Å². The highest BCUT2D eigenvalue weighted by molar-refractivity contribution is 9.09. The fraction of sp³-hybridized carbons (Fsp3) is 0.464. The van der Waals surface area contributed by atoms with Gasteiger partial charge in [-0.1, -0.05) is 57.9 Å². The molecule has 2 aromatic rings. The van der Waals surface area contributed by atoms with Crippen LogP contribution in [0.1, 0.15) is 31.2 Å². The van der Waals surface area contributed by atoms with Crippen molar-refractivity contribution in [1.82, 2.24) is 10.2 Å². The van der Waals surface area contributed by atoms with Crippen molar-refractivity contribution < 1.29 is 19.5 Å². The number of aliphatic hydroxyl groups excluding tert-OH is 1. The summed E-state index contributed by atoms with van der Waals surface area (Å²) in [6.07, 6.45) is 2.70. The van der Waals surface area contributed by atoms with E-state index in [0.717, 1.165) is 12.0 Å². The van der Waals surface area contributed by atoms with Crippen LogP contribution in [0.25, 0.3) is 0 Å². The van der Waals surface area contributed by atoms with Crippen molar-refractivity contribution in [2.75, 3.05) is 18.5 Å². The number of likely N-dealkylation sites (tertiary alicyclic amines) is 1. The fourth-order valence-electron chi connectivity index (χ4n) is 6.19. The van der Waals surface area contributed by atoms with Gasteiger partial charge in [0.15, 0.2) is 0 Å². The Bertz CT molecular complexity index is 1190. The van der Waals surface area contributed by atoms with Crippen LogP contribution < -0.4 is 10.6 Å². The first-order valence-electron chi connectivity index (χ1n) is 13.0. The Balaban J connectivity index is 1.42. The van der Waals surface area contributed by atoms with Crippen molar-refractivity contribution in [3.63, 3.8) is 0 Å². The molecule has 202 valence electrons. The molecule has 3 saturated heterocycles. The van der Waals surface area contributed by atoms with Crippen molar-refractivity contribution in [2.24, 2.45) is 11.8 Å². The number of fused-ring (bicyclic) bond motifs is 1. The van der Waals surface area contributed by atoms with Crippen molar-refractivity contribution in [2.45, 2.75) is 53.1 Å². The second kappa shape index (κ2) is 11.6. The average molecular weight is 621 g/mol. The summed E-state index contributed by atoms with van der Waals surface area (Å²) in [6.45, 7) is 0.888. The van der Waals surface area contributed by atoms with Gasteiger partial charge in [0, 0.05) is 40.5 Å². The zero-order valence-electron chi connectivity index (χ0n) is 20.8. The van der Waals surface area contributed by atoms with E-state index in [1.54, 1.807) is 40.9 Å². The predicted molar refractivity (Wildman–Crippen MR) is 153 cm³/mol. The van der Waals surface area contributed by atoms with Crippen LogP contribution >= 0.6 is 39.3 Å². The SMILES string of the molecule is O=C(Nc1ccc(Cl)cc1)C1N(CCCCCO)C(=O)[C@@H]2[C@H](C(=O)NCc3ccccc3)[C@H]3SC12CC3Br. The molecular weight excluding hydrogens is 590 g/mol. The van der Waals surface area contributed by atoms with E-state index in [0.29, 0.717) is 43.1 Å². The molecule has 0 saturated carbocycles. The highest BCUT2D eigenvalue weighted by atomic mass is 79.9. The van der Waals surface area contributed by atoms with E-state index < -0.39 is 22.6 Å². The molecule has 3 unspecified atom stereocenters. The molecule has 10 heteroatoms. The van der Waals surface area contributed by atoms with E-state index in [4.69, 9.17) is 11.6 Å². The zero-order chi connectivity index (χ0) is 26.9. The first-order chi connectivity index (χ1) is 18.4. The number of alkyl halides is 1. The Morgan fingerprint density at radius 2 is 1.82 bits per heavy atom. The number of carbonyl (C=O) groups is 3. The maximum absolute atomic E-state index is 14.0. The van der Waals surface area contributed by atoms with Gasteiger partial charge in [0.2, 0.25) is 17.7 Å². The minimum absolute atomic E-state index is 0.0178. The molecule has 2 aromatic carbocycles. The first kappa shape index (κ1) is 27.5. The Morgan fingerprint density at radius 1 is 1.08 bits per heavy atom. The molecule has 0 radical (unpaired) electrons. The maximum Gasteiger partial charge on any atom is 0.248 e. The number of amides is 3. The summed E-state index contributed by atoms with van der Waals surface area (Å²) in [4.78, 5) is 43.2. The third-order valence-corrected chi connectivity index (χ3v) is 11.3. The molecule has 0 aliphatic carbocycles. The van der Waals surface area contributed by atoms with Gasteiger partial charge in [-0.3, -0.25) is 14.4 Å². The number of carbonyl (C=O) groups excluding carboxylic acids is 3. The van der Waals surface area contributed by atoms with Crippen LogP contribution in [0.5, 0.6) is 0 Å². The van der Waals surface area contributed by atoms with Gasteiger partial charge in [-0.25, -0.2) is 0 Å². The molecular formula is C28H31BrClN3O4S. The van der Waals surface area contributed by atoms with E-state index >= 15 is 0 Å². The summed E-state index contributed by atoms with van der Waals surface area (Å²) in [5, 5.41) is 15.7. The predicted octanol–water partition coefficient (Wildman–Crippen LogP) is 4.22. The topological polar surface area (TPSA) is 98.7 Å². The van der Waals surface area contributed by atoms with Crippen LogP contribution in [-0.2, 0) is 20.9 Å². The van der Waals surface area contributed by atoms with E-state index in [-0.39, 0.29) is 34.4 Å². The van der Waals surface area contributed by atoms with Crippen LogP contribution in [0.3, 0.4) is 0 Å². The van der Waals surface area contributed by atoms with Crippen molar-refractivity contribution in [1.29, 1.82) is 0 Å². The van der Waals surface area contributed by atoms with Crippen LogP contribution in [0.4, 0.5) is 5.69 Å². The number of nitrogens with one attached hydrogen (secondary N) is 2. The number of halogens is 2. The van der Waals surface area contributed by atoms with Crippen LogP contribution in [0, 0.1) is 11.8 Å². The molecule has 5 rings (SSSR count). The minimum atomic E-state index is -0.702. The van der Waals surface area contributed by atoms with Gasteiger partial charge < -0.3 is 20.6 Å². The van der Waals surface area contributed by atoms with Crippen molar-refractivity contribution in [3.05, 3.63) is 65.2 Å². The van der Waals surface area contributed by atoms with Gasteiger partial charge in [0.05, 0.1) is 16.6 Å². The summed E-state index contributed by atoms with van der Waals surface area (Å²) in [5.74, 6) is -1.61. The largest absolute Gasteiger partial charge is 0.396 e. The van der Waals surface area contributed by atoms with Crippen LogP contribution in [0.15, 0.2) is 54.6 Å². The second-order valence-corrected chi connectivity index (χ2v) is 13.3. The zero-order valence-corrected chi connectivity index (χ0v) is 24.0. The Kier molecular flexibility index (Phi) is 8.38. The summed E-state index contributed by atoms with van der Waals surface area (Å²) in [7, 11) is 0. The van der Waals surface area contributed by atoms with Gasteiger partial charge in [-0.2, -0.15) is 0 Å². The number of thioether (sulfide) groups is 1. The molecule has 6 atom stereocenters. The lowest BCUT2D eigenvalue weighted by atomic mass is 9.70. The normalized spacial score (nSPS) is 29.4. The highest BCUT2D eigenvalue weighted by Gasteiger charge is 2.75. The third-order valence-electron chi connectivity index (χ3n) is 7.82. The average Bonchev–Trinajstić information content (AvgIpc) is 3.50. The molecule has 3 heterocycles. The monoisotopic (exact) mass is 619 g/mol. The maximum atomic E-state index is 14.0. The third kappa shape index (κ3) is 5.10. The molecule has 0 aromatic heterocycles. The summed E-state index contributed by atoms with van der Waals surface area (Å²) in [6, 6.07) is 15.9. The lowest BCUT2D eigenvalue weighted by molar-refractivity contribution is -0.139. The quantitative estimate of drug-likeness (QED) is 0.273. The number of anilines is 1. The van der Waals surface area contributed by atoms with Crippen molar-refractivity contribution >= 4 is 62.7 Å². The Morgan fingerprint density at radius 3 is 2.53 bits per heavy atom. The number of nitrogens with zero attached hydrogens (tertiary/aromatic N) is 1. The number of unbranched alkanes of at least 4 members (excludes halogenated alkanes) is 2. The summed E-state index contributed by atoms with van der Waals surface area (Å²) >= 11 is 11.4. The Hall–Kier alpha value is -2.07. The fourth-order valence-corrected chi connectivity index (χ4v) is 9.93. The number of aliphatic hydroxyl groups is 1. The van der Waals surface area contributed by atoms with Gasteiger partial charge in [0.1, 0.15) is 6.04 Å². The summed E-state index contributed by atoms with van der Waals surface area (Å²) < 4.78 is -0.696. The standard InChI is InChI=1S/C28H31BrClN3O4S/c29-20-15-28-22(21(23(20)38-28)25(35)31-16-17-7-3-1-4-8-17)27(37)33(13-5-2-6-14-34)24(28)26(36)32-19-11-9-18(30)10-12-19/h1,3-4,7-12,20-24,34H,2,5-6,13-16H2,(H,31,35)(H,32,36)/t20?,21-,22-,23-,24?,28?/m0/s1. The molecule has 3 N–H and O–H groups in total. The van der Waals surface area contributed by atoms with Gasteiger partial charge in [-0.05, 0) is 55.5 Å². The molecule has 3 aliphatic rings.